The first-order chi connectivity index (χ1) is 15.9. The number of fused-ring (bicyclic) bond motifs is 3. The van der Waals surface area contributed by atoms with Crippen LogP contribution in [-0.2, 0) is 21.2 Å². The van der Waals surface area contributed by atoms with E-state index in [1.54, 1.807) is 11.2 Å². The van der Waals surface area contributed by atoms with E-state index in [2.05, 4.69) is 0 Å². The third-order valence-corrected chi connectivity index (χ3v) is 8.05. The van der Waals surface area contributed by atoms with E-state index < -0.39 is 15.8 Å². The molecule has 0 saturated carbocycles. The molecule has 4 aromatic rings. The summed E-state index contributed by atoms with van der Waals surface area (Å²) in [4.78, 5) is 14.9. The lowest BCUT2D eigenvalue weighted by Crippen LogP contribution is -2.37. The maximum atomic E-state index is 13.2. The third-order valence-electron chi connectivity index (χ3n) is 6.14. The minimum atomic E-state index is -3.74. The van der Waals surface area contributed by atoms with E-state index in [0.717, 1.165) is 39.4 Å². The number of carbonyl (C=O) groups excluding carboxylic acids is 1. The molecule has 1 aromatic heterocycles. The van der Waals surface area contributed by atoms with E-state index in [1.165, 1.54) is 16.4 Å². The molecule has 1 aliphatic heterocycles. The van der Waals surface area contributed by atoms with Gasteiger partial charge in [-0.15, -0.1) is 0 Å². The molecule has 1 aliphatic rings. The zero-order chi connectivity index (χ0) is 23.0. The van der Waals surface area contributed by atoms with Crippen LogP contribution in [0.5, 0.6) is 0 Å². The predicted octanol–water partition coefficient (Wildman–Crippen LogP) is 4.19. The second-order valence-electron chi connectivity index (χ2n) is 8.19. The fourth-order valence-corrected chi connectivity index (χ4v) is 5.89. The molecule has 0 radical (unpaired) electrons. The van der Waals surface area contributed by atoms with Crippen molar-refractivity contribution in [2.45, 2.75) is 17.7 Å². The van der Waals surface area contributed by atoms with Gasteiger partial charge in [0.2, 0.25) is 15.9 Å². The van der Waals surface area contributed by atoms with Crippen LogP contribution in [0.25, 0.3) is 21.7 Å². The van der Waals surface area contributed by atoms with Gasteiger partial charge in [-0.1, -0.05) is 30.3 Å². The summed E-state index contributed by atoms with van der Waals surface area (Å²) in [6.07, 6.45) is 2.35. The van der Waals surface area contributed by atoms with Gasteiger partial charge in [0.05, 0.1) is 17.6 Å². The predicted molar refractivity (Wildman–Crippen MR) is 124 cm³/mol. The molecular weight excluding hydrogens is 443 g/mol. The van der Waals surface area contributed by atoms with Crippen molar-refractivity contribution in [1.29, 1.82) is 0 Å². The topological polar surface area (TPSA) is 70.8 Å². The monoisotopic (exact) mass is 466 g/mol. The molecule has 0 N–H and O–H groups in total. The van der Waals surface area contributed by atoms with Crippen molar-refractivity contribution in [3.05, 3.63) is 78.3 Å². The first kappa shape index (κ1) is 21.6. The molecule has 0 unspecified atom stereocenters. The number of rotatable bonds is 4. The van der Waals surface area contributed by atoms with Gasteiger partial charge in [-0.3, -0.25) is 4.79 Å². The highest BCUT2D eigenvalue weighted by atomic mass is 32.2. The highest BCUT2D eigenvalue weighted by Gasteiger charge is 2.28. The van der Waals surface area contributed by atoms with E-state index in [0.29, 0.717) is 26.1 Å². The lowest BCUT2D eigenvalue weighted by Gasteiger charge is -2.22. The Kier molecular flexibility index (Phi) is 5.64. The molecule has 0 atom stereocenters. The molecule has 170 valence electrons. The van der Waals surface area contributed by atoms with Gasteiger partial charge in [0, 0.05) is 37.1 Å². The van der Waals surface area contributed by atoms with Gasteiger partial charge in [0.1, 0.15) is 11.4 Å². The second-order valence-corrected chi connectivity index (χ2v) is 10.1. The smallest absolute Gasteiger partial charge is 0.243 e. The summed E-state index contributed by atoms with van der Waals surface area (Å²) in [6, 6.07) is 16.7. The number of sulfonamides is 1. The number of furan rings is 1. The molecule has 2 heterocycles. The molecule has 1 saturated heterocycles. The molecule has 33 heavy (non-hydrogen) atoms. The highest BCUT2D eigenvalue weighted by molar-refractivity contribution is 7.89. The molecule has 3 aromatic carbocycles. The molecule has 1 amide bonds. The largest absolute Gasteiger partial charge is 0.464 e. The second kappa shape index (κ2) is 8.61. The highest BCUT2D eigenvalue weighted by Crippen LogP contribution is 2.30. The first-order valence-electron chi connectivity index (χ1n) is 10.8. The fourth-order valence-electron chi connectivity index (χ4n) is 4.42. The van der Waals surface area contributed by atoms with Crippen LogP contribution in [0, 0.1) is 5.82 Å². The average molecular weight is 467 g/mol. The van der Waals surface area contributed by atoms with E-state index in [-0.39, 0.29) is 23.8 Å². The van der Waals surface area contributed by atoms with Crippen LogP contribution in [0.4, 0.5) is 4.39 Å². The quantitative estimate of drug-likeness (QED) is 0.452. The van der Waals surface area contributed by atoms with Crippen molar-refractivity contribution in [1.82, 2.24) is 9.21 Å². The standard InChI is InChI=1S/C25H23FN2O4S/c26-20-7-9-21(10-8-20)33(30,31)28-13-3-12-27(14-15-28)24(29)16-19-17-32-23-11-6-18-4-1-2-5-22(18)25(19)23/h1-2,4-11,17H,3,12-16H2. The summed E-state index contributed by atoms with van der Waals surface area (Å²) in [7, 11) is -3.74. The van der Waals surface area contributed by atoms with Gasteiger partial charge in [-0.2, -0.15) is 4.31 Å². The van der Waals surface area contributed by atoms with Crippen LogP contribution < -0.4 is 0 Å². The molecule has 0 aliphatic carbocycles. The molecule has 0 spiro atoms. The zero-order valence-electron chi connectivity index (χ0n) is 17.9. The van der Waals surface area contributed by atoms with Gasteiger partial charge >= 0.3 is 0 Å². The SMILES string of the molecule is O=C(Cc1coc2ccc3ccccc3c12)N1CCCN(S(=O)(=O)c2ccc(F)cc2)CC1. The Bertz CT molecular complexity index is 1430. The summed E-state index contributed by atoms with van der Waals surface area (Å²) in [5, 5.41) is 3.06. The third kappa shape index (κ3) is 4.12. The number of halogens is 1. The van der Waals surface area contributed by atoms with Crippen LogP contribution in [0.2, 0.25) is 0 Å². The van der Waals surface area contributed by atoms with Crippen LogP contribution in [0.1, 0.15) is 12.0 Å². The minimum absolute atomic E-state index is 0.0559. The van der Waals surface area contributed by atoms with E-state index in [9.17, 15) is 17.6 Å². The maximum Gasteiger partial charge on any atom is 0.243 e. The Balaban J connectivity index is 1.33. The van der Waals surface area contributed by atoms with Gasteiger partial charge in [0.25, 0.3) is 0 Å². The van der Waals surface area contributed by atoms with E-state index >= 15 is 0 Å². The van der Waals surface area contributed by atoms with Crippen molar-refractivity contribution in [3.63, 3.8) is 0 Å². The molecule has 6 nitrogen and oxygen atoms in total. The summed E-state index contributed by atoms with van der Waals surface area (Å²) in [5.74, 6) is -0.548. The molecule has 0 bridgehead atoms. The Morgan fingerprint density at radius 3 is 2.55 bits per heavy atom. The van der Waals surface area contributed by atoms with Gasteiger partial charge in [-0.05, 0) is 47.5 Å². The van der Waals surface area contributed by atoms with Crippen LogP contribution >= 0.6 is 0 Å². The Morgan fingerprint density at radius 1 is 0.939 bits per heavy atom. The van der Waals surface area contributed by atoms with Crippen molar-refractivity contribution >= 4 is 37.7 Å². The summed E-state index contributed by atoms with van der Waals surface area (Å²) < 4.78 is 46.2. The fraction of sp³-hybridized carbons (Fsp3) is 0.240. The summed E-state index contributed by atoms with van der Waals surface area (Å²) in [6.45, 7) is 1.28. The lowest BCUT2D eigenvalue weighted by molar-refractivity contribution is -0.130. The molecular formula is C25H23FN2O4S. The van der Waals surface area contributed by atoms with Gasteiger partial charge in [0.15, 0.2) is 0 Å². The number of hydrogen-bond donors (Lipinski definition) is 0. The Hall–Kier alpha value is -3.23. The molecule has 8 heteroatoms. The Morgan fingerprint density at radius 2 is 1.73 bits per heavy atom. The van der Waals surface area contributed by atoms with Gasteiger partial charge < -0.3 is 9.32 Å². The maximum absolute atomic E-state index is 13.2. The first-order valence-corrected chi connectivity index (χ1v) is 12.3. The normalized spacial score (nSPS) is 15.7. The van der Waals surface area contributed by atoms with Crippen LogP contribution in [0.15, 0.2) is 76.2 Å². The Labute approximate surface area is 191 Å². The van der Waals surface area contributed by atoms with E-state index in [1.807, 2.05) is 36.4 Å². The minimum Gasteiger partial charge on any atom is -0.464 e. The molecule has 5 rings (SSSR count). The molecule has 1 fully saturated rings. The number of benzene rings is 3. The van der Waals surface area contributed by atoms with Crippen molar-refractivity contribution in [2.24, 2.45) is 0 Å². The average Bonchev–Trinajstić information content (AvgIpc) is 3.05. The van der Waals surface area contributed by atoms with Crippen molar-refractivity contribution < 1.29 is 22.0 Å². The number of nitrogens with zero attached hydrogens (tertiary/aromatic N) is 2. The van der Waals surface area contributed by atoms with E-state index in [4.69, 9.17) is 4.42 Å². The number of hydrogen-bond acceptors (Lipinski definition) is 4. The zero-order valence-corrected chi connectivity index (χ0v) is 18.7. The number of amides is 1. The van der Waals surface area contributed by atoms with Crippen molar-refractivity contribution in [2.75, 3.05) is 26.2 Å². The number of carbonyl (C=O) groups is 1. The summed E-state index contributed by atoms with van der Waals surface area (Å²) in [5.41, 5.74) is 1.57. The van der Waals surface area contributed by atoms with Gasteiger partial charge in [-0.25, -0.2) is 12.8 Å². The van der Waals surface area contributed by atoms with Crippen molar-refractivity contribution in [3.8, 4) is 0 Å². The summed E-state index contributed by atoms with van der Waals surface area (Å²) >= 11 is 0. The van der Waals surface area contributed by atoms with Crippen LogP contribution in [-0.4, -0.2) is 49.7 Å². The van der Waals surface area contributed by atoms with Crippen LogP contribution in [0.3, 0.4) is 0 Å². The lowest BCUT2D eigenvalue weighted by atomic mass is 10.0.